The molecule has 3 aromatic rings. The van der Waals surface area contributed by atoms with Gasteiger partial charge in [0.25, 0.3) is 0 Å². The molecule has 1 aliphatic carbocycles. The minimum absolute atomic E-state index is 0.130. The van der Waals surface area contributed by atoms with Crippen LogP contribution in [0.2, 0.25) is 10.0 Å². The van der Waals surface area contributed by atoms with E-state index >= 15 is 0 Å². The maximum absolute atomic E-state index is 13.1. The number of halogens is 2. The lowest BCUT2D eigenvalue weighted by atomic mass is 9.85. The standard InChI is InChI=1S/C26H26Cl2N4O3S/c1-3-12-36-26-30-25-29-19-8-5-9-20(33)23(19)24(32(25)31-26)15-10-11-21(22(13-15)34-2)35-14-16-17(27)6-4-7-18(16)28/h4,6-7,10-11,13,24H,3,5,8-9,12,14H2,1-2H3,(H,29,30,31). The van der Waals surface area contributed by atoms with Gasteiger partial charge in [0.2, 0.25) is 11.1 Å². The molecule has 1 atom stereocenters. The number of rotatable bonds is 8. The number of hydrogen-bond acceptors (Lipinski definition) is 7. The zero-order chi connectivity index (χ0) is 25.2. The average molecular weight is 545 g/mol. The van der Waals surface area contributed by atoms with Crippen LogP contribution < -0.4 is 14.8 Å². The van der Waals surface area contributed by atoms with E-state index in [0.29, 0.717) is 44.6 Å². The number of anilines is 1. The summed E-state index contributed by atoms with van der Waals surface area (Å²) in [6, 6.07) is 10.6. The Balaban J connectivity index is 1.50. The molecule has 0 fully saturated rings. The van der Waals surface area contributed by atoms with Crippen LogP contribution in [0.3, 0.4) is 0 Å². The molecule has 1 aromatic heterocycles. The number of nitrogens with zero attached hydrogens (tertiary/aromatic N) is 3. The average Bonchev–Trinajstić information content (AvgIpc) is 3.28. The van der Waals surface area contributed by atoms with Crippen molar-refractivity contribution < 1.29 is 14.3 Å². The highest BCUT2D eigenvalue weighted by molar-refractivity contribution is 7.99. The molecular formula is C26H26Cl2N4O3S. The third-order valence-electron chi connectivity index (χ3n) is 6.22. The van der Waals surface area contributed by atoms with Crippen molar-refractivity contribution in [2.75, 3.05) is 18.2 Å². The Kier molecular flexibility index (Phi) is 7.46. The number of fused-ring (bicyclic) bond motifs is 1. The molecule has 188 valence electrons. The topological polar surface area (TPSA) is 78.3 Å². The Bertz CT molecular complexity index is 1320. The number of carbonyl (C=O) groups excluding carboxylic acids is 1. The van der Waals surface area contributed by atoms with Gasteiger partial charge >= 0.3 is 0 Å². The summed E-state index contributed by atoms with van der Waals surface area (Å²) < 4.78 is 13.5. The van der Waals surface area contributed by atoms with Gasteiger partial charge in [0.15, 0.2) is 17.3 Å². The summed E-state index contributed by atoms with van der Waals surface area (Å²) in [5.41, 5.74) is 3.25. The fourth-order valence-corrected chi connectivity index (χ4v) is 5.68. The first-order valence-corrected chi connectivity index (χ1v) is 13.6. The lowest BCUT2D eigenvalue weighted by Gasteiger charge is -2.32. The van der Waals surface area contributed by atoms with E-state index in [9.17, 15) is 4.79 Å². The molecule has 10 heteroatoms. The van der Waals surface area contributed by atoms with Crippen molar-refractivity contribution in [2.45, 2.75) is 50.4 Å². The van der Waals surface area contributed by atoms with Crippen LogP contribution in [0.25, 0.3) is 0 Å². The van der Waals surface area contributed by atoms with Crippen LogP contribution in [0.4, 0.5) is 5.95 Å². The molecule has 1 unspecified atom stereocenters. The maximum Gasteiger partial charge on any atom is 0.227 e. The van der Waals surface area contributed by atoms with Gasteiger partial charge in [0, 0.05) is 39.1 Å². The summed E-state index contributed by atoms with van der Waals surface area (Å²) in [6.07, 6.45) is 3.18. The van der Waals surface area contributed by atoms with E-state index in [1.807, 2.05) is 22.9 Å². The predicted octanol–water partition coefficient (Wildman–Crippen LogP) is 6.70. The Labute approximate surface area is 224 Å². The van der Waals surface area contributed by atoms with Gasteiger partial charge < -0.3 is 14.8 Å². The van der Waals surface area contributed by atoms with Crippen molar-refractivity contribution in [1.29, 1.82) is 0 Å². The second kappa shape index (κ2) is 10.7. The van der Waals surface area contributed by atoms with E-state index in [1.54, 1.807) is 37.1 Å². The molecule has 1 N–H and O–H groups in total. The van der Waals surface area contributed by atoms with Crippen molar-refractivity contribution >= 4 is 46.7 Å². The van der Waals surface area contributed by atoms with Crippen molar-refractivity contribution in [2.24, 2.45) is 0 Å². The highest BCUT2D eigenvalue weighted by Crippen LogP contribution is 2.43. The predicted molar refractivity (Wildman–Crippen MR) is 142 cm³/mol. The normalized spacial score (nSPS) is 16.9. The number of ketones is 1. The second-order valence-corrected chi connectivity index (χ2v) is 10.5. The van der Waals surface area contributed by atoms with Gasteiger partial charge in [-0.05, 0) is 49.1 Å². The molecule has 2 aromatic carbocycles. The third-order valence-corrected chi connectivity index (χ3v) is 7.97. The van der Waals surface area contributed by atoms with Crippen LogP contribution in [-0.4, -0.2) is 33.4 Å². The summed E-state index contributed by atoms with van der Waals surface area (Å²) in [4.78, 5) is 17.8. The van der Waals surface area contributed by atoms with E-state index in [-0.39, 0.29) is 12.4 Å². The third kappa shape index (κ3) is 4.82. The largest absolute Gasteiger partial charge is 0.493 e. The number of nitrogens with one attached hydrogen (secondary N) is 1. The quantitative estimate of drug-likeness (QED) is 0.316. The number of carbonyl (C=O) groups is 1. The summed E-state index contributed by atoms with van der Waals surface area (Å²) >= 11 is 14.2. The highest BCUT2D eigenvalue weighted by atomic mass is 35.5. The van der Waals surface area contributed by atoms with Gasteiger partial charge in [0.1, 0.15) is 12.6 Å². The molecule has 0 radical (unpaired) electrons. The zero-order valence-corrected chi connectivity index (χ0v) is 22.3. The molecule has 0 saturated heterocycles. The van der Waals surface area contributed by atoms with E-state index in [0.717, 1.165) is 41.8 Å². The number of hydrogen-bond donors (Lipinski definition) is 1. The summed E-state index contributed by atoms with van der Waals surface area (Å²) in [5, 5.41) is 9.91. The molecule has 0 bridgehead atoms. The van der Waals surface area contributed by atoms with Crippen LogP contribution in [0.5, 0.6) is 11.5 Å². The van der Waals surface area contributed by atoms with Gasteiger partial charge in [0.05, 0.1) is 7.11 Å². The Morgan fingerprint density at radius 1 is 1.17 bits per heavy atom. The molecule has 0 saturated carbocycles. The zero-order valence-electron chi connectivity index (χ0n) is 20.0. The Morgan fingerprint density at radius 3 is 2.72 bits per heavy atom. The van der Waals surface area contributed by atoms with Gasteiger partial charge in [-0.15, -0.1) is 5.10 Å². The van der Waals surface area contributed by atoms with Crippen LogP contribution in [0.15, 0.2) is 52.8 Å². The van der Waals surface area contributed by atoms with Crippen molar-refractivity contribution in [1.82, 2.24) is 14.8 Å². The lowest BCUT2D eigenvalue weighted by molar-refractivity contribution is -0.116. The van der Waals surface area contributed by atoms with E-state index in [2.05, 4.69) is 12.2 Å². The van der Waals surface area contributed by atoms with Crippen molar-refractivity contribution in [3.8, 4) is 11.5 Å². The summed E-state index contributed by atoms with van der Waals surface area (Å²) in [6.45, 7) is 2.32. The van der Waals surface area contributed by atoms with E-state index in [1.165, 1.54) is 0 Å². The fraction of sp³-hybridized carbons (Fsp3) is 0.346. The first-order chi connectivity index (χ1) is 17.5. The molecule has 0 amide bonds. The number of ether oxygens (including phenoxy) is 2. The minimum atomic E-state index is -0.395. The molecular weight excluding hydrogens is 519 g/mol. The highest BCUT2D eigenvalue weighted by Gasteiger charge is 2.37. The van der Waals surface area contributed by atoms with Crippen molar-refractivity contribution in [3.05, 3.63) is 68.8 Å². The molecule has 0 spiro atoms. The summed E-state index contributed by atoms with van der Waals surface area (Å²) in [5.74, 6) is 2.80. The van der Waals surface area contributed by atoms with Crippen LogP contribution in [-0.2, 0) is 11.4 Å². The Hall–Kier alpha value is -2.68. The maximum atomic E-state index is 13.1. The molecule has 5 rings (SSSR count). The molecule has 7 nitrogen and oxygen atoms in total. The first kappa shape index (κ1) is 25.0. The number of Topliss-reactive ketones (excluding diaryl/α,β-unsaturated/α-hetero) is 1. The number of methoxy groups -OCH3 is 1. The number of allylic oxidation sites excluding steroid dienone is 2. The van der Waals surface area contributed by atoms with Crippen LogP contribution in [0, 0.1) is 0 Å². The van der Waals surface area contributed by atoms with Gasteiger partial charge in [-0.2, -0.15) is 4.98 Å². The van der Waals surface area contributed by atoms with E-state index < -0.39 is 6.04 Å². The minimum Gasteiger partial charge on any atom is -0.493 e. The molecule has 36 heavy (non-hydrogen) atoms. The fourth-order valence-electron chi connectivity index (χ4n) is 4.49. The second-order valence-electron chi connectivity index (χ2n) is 8.61. The SMILES string of the molecule is CCCSc1nc2n(n1)C(c1ccc(OCc3c(Cl)cccc3Cl)c(OC)c1)C1=C(CCCC1=O)N2. The number of aromatic nitrogens is 3. The lowest BCUT2D eigenvalue weighted by Crippen LogP contribution is -2.31. The first-order valence-electron chi connectivity index (χ1n) is 11.9. The van der Waals surface area contributed by atoms with Gasteiger partial charge in [-0.3, -0.25) is 4.79 Å². The van der Waals surface area contributed by atoms with Crippen molar-refractivity contribution in [3.63, 3.8) is 0 Å². The number of thioether (sulfide) groups is 1. The molecule has 2 heterocycles. The van der Waals surface area contributed by atoms with Crippen LogP contribution >= 0.6 is 35.0 Å². The smallest absolute Gasteiger partial charge is 0.227 e. The Morgan fingerprint density at radius 2 is 1.97 bits per heavy atom. The summed E-state index contributed by atoms with van der Waals surface area (Å²) in [7, 11) is 1.59. The van der Waals surface area contributed by atoms with E-state index in [4.69, 9.17) is 42.8 Å². The molecule has 2 aliphatic rings. The number of benzene rings is 2. The molecule has 1 aliphatic heterocycles. The van der Waals surface area contributed by atoms with Crippen LogP contribution in [0.1, 0.15) is 49.8 Å². The monoisotopic (exact) mass is 544 g/mol. The van der Waals surface area contributed by atoms with Gasteiger partial charge in [-0.1, -0.05) is 54.0 Å². The van der Waals surface area contributed by atoms with Gasteiger partial charge in [-0.25, -0.2) is 4.68 Å².